The minimum absolute atomic E-state index is 0.212. The SMILES string of the molecule is CC(NC(=O)c1ccccc1NC(=O)c1cccc(NS(C)(=O)=O)c1)c1ccccc1. The van der Waals surface area contributed by atoms with Gasteiger partial charge < -0.3 is 10.6 Å². The van der Waals surface area contributed by atoms with Crippen LogP contribution in [0.4, 0.5) is 11.4 Å². The molecule has 0 aliphatic carbocycles. The molecule has 3 rings (SSSR count). The molecule has 2 amide bonds. The molecule has 0 spiro atoms. The van der Waals surface area contributed by atoms with Crippen molar-refractivity contribution in [1.29, 1.82) is 0 Å². The van der Waals surface area contributed by atoms with Crippen LogP contribution in [-0.4, -0.2) is 26.5 Å². The number of sulfonamides is 1. The van der Waals surface area contributed by atoms with Gasteiger partial charge in [0.2, 0.25) is 10.0 Å². The zero-order valence-corrected chi connectivity index (χ0v) is 17.9. The van der Waals surface area contributed by atoms with E-state index in [9.17, 15) is 18.0 Å². The average molecular weight is 438 g/mol. The van der Waals surface area contributed by atoms with Crippen molar-refractivity contribution >= 4 is 33.2 Å². The molecule has 1 atom stereocenters. The highest BCUT2D eigenvalue weighted by molar-refractivity contribution is 7.92. The lowest BCUT2D eigenvalue weighted by Gasteiger charge is -2.16. The Labute approximate surface area is 181 Å². The number of rotatable bonds is 7. The molecule has 8 heteroatoms. The number of carbonyl (C=O) groups is 2. The number of amides is 2. The largest absolute Gasteiger partial charge is 0.345 e. The molecule has 0 bridgehead atoms. The van der Waals surface area contributed by atoms with Crippen LogP contribution in [0.3, 0.4) is 0 Å². The summed E-state index contributed by atoms with van der Waals surface area (Å²) < 4.78 is 25.2. The van der Waals surface area contributed by atoms with Crippen LogP contribution in [0.2, 0.25) is 0 Å². The van der Waals surface area contributed by atoms with Crippen molar-refractivity contribution < 1.29 is 18.0 Å². The number of hydrogen-bond acceptors (Lipinski definition) is 4. The van der Waals surface area contributed by atoms with Gasteiger partial charge in [0.05, 0.1) is 23.5 Å². The molecule has 3 aromatic carbocycles. The van der Waals surface area contributed by atoms with Gasteiger partial charge >= 0.3 is 0 Å². The molecule has 0 saturated carbocycles. The highest BCUT2D eigenvalue weighted by atomic mass is 32.2. The van der Waals surface area contributed by atoms with Gasteiger partial charge in [0.15, 0.2) is 0 Å². The molecular formula is C23H23N3O4S. The summed E-state index contributed by atoms with van der Waals surface area (Å²) in [5, 5.41) is 5.67. The first-order valence-electron chi connectivity index (χ1n) is 9.57. The lowest BCUT2D eigenvalue weighted by atomic mass is 10.1. The zero-order valence-electron chi connectivity index (χ0n) is 17.1. The molecule has 0 radical (unpaired) electrons. The Kier molecular flexibility index (Phi) is 6.71. The van der Waals surface area contributed by atoms with Crippen LogP contribution < -0.4 is 15.4 Å². The first-order chi connectivity index (χ1) is 14.7. The maximum atomic E-state index is 12.8. The topological polar surface area (TPSA) is 104 Å². The van der Waals surface area contributed by atoms with E-state index in [1.807, 2.05) is 37.3 Å². The summed E-state index contributed by atoms with van der Waals surface area (Å²) in [6.07, 6.45) is 1.03. The Balaban J connectivity index is 1.77. The molecule has 3 aromatic rings. The molecule has 7 nitrogen and oxygen atoms in total. The second kappa shape index (κ2) is 9.44. The van der Waals surface area contributed by atoms with E-state index in [1.54, 1.807) is 42.5 Å². The Morgan fingerprint density at radius 1 is 0.839 bits per heavy atom. The van der Waals surface area contributed by atoms with Crippen LogP contribution in [0.1, 0.15) is 39.2 Å². The fourth-order valence-corrected chi connectivity index (χ4v) is 3.58. The molecule has 160 valence electrons. The lowest BCUT2D eigenvalue weighted by Crippen LogP contribution is -2.28. The van der Waals surface area contributed by atoms with Crippen LogP contribution in [0, 0.1) is 0 Å². The van der Waals surface area contributed by atoms with E-state index in [2.05, 4.69) is 15.4 Å². The van der Waals surface area contributed by atoms with Crippen molar-refractivity contribution in [2.75, 3.05) is 16.3 Å². The van der Waals surface area contributed by atoms with Crippen LogP contribution >= 0.6 is 0 Å². The van der Waals surface area contributed by atoms with Gasteiger partial charge in [-0.15, -0.1) is 0 Å². The standard InChI is InChI=1S/C23H23N3O4S/c1-16(17-9-4-3-5-10-17)24-23(28)20-13-6-7-14-21(20)25-22(27)18-11-8-12-19(15-18)26-31(2,29)30/h3-16,26H,1-2H3,(H,24,28)(H,25,27). The van der Waals surface area contributed by atoms with Gasteiger partial charge in [-0.2, -0.15) is 0 Å². The first-order valence-corrected chi connectivity index (χ1v) is 11.5. The van der Waals surface area contributed by atoms with Gasteiger partial charge in [-0.05, 0) is 42.8 Å². The number of anilines is 2. The van der Waals surface area contributed by atoms with Gasteiger partial charge in [-0.1, -0.05) is 48.5 Å². The Bertz CT molecular complexity index is 1190. The monoisotopic (exact) mass is 437 g/mol. The van der Waals surface area contributed by atoms with Crippen LogP contribution in [0.25, 0.3) is 0 Å². The zero-order chi connectivity index (χ0) is 22.4. The Morgan fingerprint density at radius 2 is 1.52 bits per heavy atom. The molecule has 31 heavy (non-hydrogen) atoms. The van der Waals surface area contributed by atoms with Gasteiger partial charge in [-0.3, -0.25) is 14.3 Å². The van der Waals surface area contributed by atoms with Gasteiger partial charge in [0, 0.05) is 11.3 Å². The van der Waals surface area contributed by atoms with E-state index in [1.165, 1.54) is 6.07 Å². The highest BCUT2D eigenvalue weighted by Gasteiger charge is 2.17. The van der Waals surface area contributed by atoms with Crippen molar-refractivity contribution in [2.24, 2.45) is 0 Å². The second-order valence-corrected chi connectivity index (χ2v) is 8.81. The van der Waals surface area contributed by atoms with Gasteiger partial charge in [-0.25, -0.2) is 8.42 Å². The summed E-state index contributed by atoms with van der Waals surface area (Å²) in [7, 11) is -3.47. The average Bonchev–Trinajstić information content (AvgIpc) is 2.73. The van der Waals surface area contributed by atoms with Crippen LogP contribution in [-0.2, 0) is 10.0 Å². The smallest absolute Gasteiger partial charge is 0.255 e. The molecular weight excluding hydrogens is 414 g/mol. The molecule has 0 aliphatic rings. The maximum absolute atomic E-state index is 12.8. The third-order valence-corrected chi connectivity index (χ3v) is 5.10. The summed E-state index contributed by atoms with van der Waals surface area (Å²) in [5.41, 5.74) is 2.17. The van der Waals surface area contributed by atoms with E-state index in [-0.39, 0.29) is 23.2 Å². The normalized spacial score (nSPS) is 11.9. The summed E-state index contributed by atoms with van der Waals surface area (Å²) >= 11 is 0. The van der Waals surface area contributed by atoms with Crippen molar-refractivity contribution in [2.45, 2.75) is 13.0 Å². The first kappa shape index (κ1) is 22.0. The third kappa shape index (κ3) is 6.16. The molecule has 3 N–H and O–H groups in total. The van der Waals surface area contributed by atoms with Crippen LogP contribution in [0.5, 0.6) is 0 Å². The summed E-state index contributed by atoms with van der Waals surface area (Å²) in [5.74, 6) is -0.784. The van der Waals surface area contributed by atoms with Crippen molar-refractivity contribution in [3.05, 3.63) is 95.6 Å². The number of benzene rings is 3. The molecule has 0 saturated heterocycles. The van der Waals surface area contributed by atoms with Gasteiger partial charge in [0.1, 0.15) is 0 Å². The second-order valence-electron chi connectivity index (χ2n) is 7.06. The quantitative estimate of drug-likeness (QED) is 0.523. The lowest BCUT2D eigenvalue weighted by molar-refractivity contribution is 0.0940. The van der Waals surface area contributed by atoms with E-state index >= 15 is 0 Å². The van der Waals surface area contributed by atoms with E-state index in [0.29, 0.717) is 11.3 Å². The molecule has 0 aromatic heterocycles. The van der Waals surface area contributed by atoms with Crippen molar-refractivity contribution in [3.8, 4) is 0 Å². The predicted molar refractivity (Wildman–Crippen MR) is 122 cm³/mol. The van der Waals surface area contributed by atoms with E-state index in [4.69, 9.17) is 0 Å². The highest BCUT2D eigenvalue weighted by Crippen LogP contribution is 2.20. The number of nitrogens with one attached hydrogen (secondary N) is 3. The van der Waals surface area contributed by atoms with E-state index in [0.717, 1.165) is 11.8 Å². The Hall–Kier alpha value is -3.65. The fraction of sp³-hybridized carbons (Fsp3) is 0.130. The predicted octanol–water partition coefficient (Wildman–Crippen LogP) is 3.80. The van der Waals surface area contributed by atoms with Crippen molar-refractivity contribution in [1.82, 2.24) is 5.32 Å². The summed E-state index contributed by atoms with van der Waals surface area (Å²) in [6, 6.07) is 22.2. The molecule has 0 heterocycles. The third-order valence-electron chi connectivity index (χ3n) is 4.50. The number of para-hydroxylation sites is 1. The van der Waals surface area contributed by atoms with Gasteiger partial charge in [0.25, 0.3) is 11.8 Å². The summed E-state index contributed by atoms with van der Waals surface area (Å²) in [4.78, 5) is 25.6. The molecule has 0 fully saturated rings. The number of hydrogen-bond donors (Lipinski definition) is 3. The summed E-state index contributed by atoms with van der Waals surface area (Å²) in [6.45, 7) is 1.88. The minimum atomic E-state index is -3.47. The molecule has 1 unspecified atom stereocenters. The van der Waals surface area contributed by atoms with Crippen LogP contribution in [0.15, 0.2) is 78.9 Å². The minimum Gasteiger partial charge on any atom is -0.345 e. The number of carbonyl (C=O) groups excluding carboxylic acids is 2. The fourth-order valence-electron chi connectivity index (χ4n) is 3.02. The van der Waals surface area contributed by atoms with E-state index < -0.39 is 15.9 Å². The maximum Gasteiger partial charge on any atom is 0.255 e. The Morgan fingerprint density at radius 3 is 2.23 bits per heavy atom. The van der Waals surface area contributed by atoms with Crippen molar-refractivity contribution in [3.63, 3.8) is 0 Å². The molecule has 0 aliphatic heterocycles.